The number of nitrogens with one attached hydrogen (secondary N) is 2. The summed E-state index contributed by atoms with van der Waals surface area (Å²) in [6.07, 6.45) is 1.54. The molecule has 1 rings (SSSR count). The molecule has 0 saturated heterocycles. The van der Waals surface area contributed by atoms with Crippen molar-refractivity contribution in [3.8, 4) is 0 Å². The highest BCUT2D eigenvalue weighted by molar-refractivity contribution is 5.97. The number of benzene rings is 1. The van der Waals surface area contributed by atoms with Crippen molar-refractivity contribution in [1.29, 1.82) is 0 Å². The second-order valence-electron chi connectivity index (χ2n) is 5.56. The van der Waals surface area contributed by atoms with Crippen LogP contribution in [0.25, 0.3) is 0 Å². The summed E-state index contributed by atoms with van der Waals surface area (Å²) in [5.41, 5.74) is 7.04. The summed E-state index contributed by atoms with van der Waals surface area (Å²) < 4.78 is 0. The Morgan fingerprint density at radius 1 is 1.19 bits per heavy atom. The number of hydrogen-bond acceptors (Lipinski definition) is 3. The first-order valence-electron chi connectivity index (χ1n) is 7.38. The first-order chi connectivity index (χ1) is 9.93. The Hall–Kier alpha value is -1.88. The molecule has 0 saturated carbocycles. The molecule has 5 nitrogen and oxygen atoms in total. The number of anilines is 1. The molecule has 1 aromatic rings. The van der Waals surface area contributed by atoms with Gasteiger partial charge in [0.1, 0.15) is 0 Å². The number of hydrogen-bond donors (Lipinski definition) is 3. The zero-order valence-corrected chi connectivity index (χ0v) is 13.0. The number of amides is 2. The van der Waals surface area contributed by atoms with Gasteiger partial charge in [-0.05, 0) is 43.0 Å². The Balaban J connectivity index is 2.58. The second kappa shape index (κ2) is 8.42. The van der Waals surface area contributed by atoms with Crippen molar-refractivity contribution in [1.82, 2.24) is 5.32 Å². The van der Waals surface area contributed by atoms with Crippen LogP contribution in [0.5, 0.6) is 0 Å². The molecule has 0 aliphatic carbocycles. The molecule has 0 aromatic heterocycles. The molecule has 0 radical (unpaired) electrons. The minimum atomic E-state index is -0.516. The molecule has 0 fully saturated rings. The number of nitrogens with two attached hydrogens (primary N) is 1. The van der Waals surface area contributed by atoms with Crippen LogP contribution in [0.15, 0.2) is 24.3 Å². The molecule has 116 valence electrons. The summed E-state index contributed by atoms with van der Waals surface area (Å²) in [6.45, 7) is 6.70. The number of carbonyl (C=O) groups excluding carboxylic acids is 2. The molecular formula is C16H25N3O2. The van der Waals surface area contributed by atoms with Crippen molar-refractivity contribution in [2.75, 3.05) is 11.9 Å². The van der Waals surface area contributed by atoms with Crippen LogP contribution < -0.4 is 16.4 Å². The smallest absolute Gasteiger partial charge is 0.251 e. The Bertz CT molecular complexity index is 469. The van der Waals surface area contributed by atoms with E-state index in [1.807, 2.05) is 20.8 Å². The van der Waals surface area contributed by atoms with Crippen molar-refractivity contribution in [2.24, 2.45) is 11.7 Å². The lowest BCUT2D eigenvalue weighted by atomic mass is 10.0. The van der Waals surface area contributed by atoms with Gasteiger partial charge in [-0.2, -0.15) is 0 Å². The molecule has 21 heavy (non-hydrogen) atoms. The van der Waals surface area contributed by atoms with E-state index in [0.717, 1.165) is 6.42 Å². The molecule has 0 heterocycles. The van der Waals surface area contributed by atoms with E-state index in [2.05, 4.69) is 10.6 Å². The van der Waals surface area contributed by atoms with Crippen LogP contribution in [0.4, 0.5) is 5.69 Å². The van der Waals surface area contributed by atoms with Crippen LogP contribution in [0.2, 0.25) is 0 Å². The maximum absolute atomic E-state index is 11.9. The van der Waals surface area contributed by atoms with Crippen LogP contribution in [-0.4, -0.2) is 24.4 Å². The van der Waals surface area contributed by atoms with Crippen molar-refractivity contribution < 1.29 is 9.59 Å². The normalized spacial score (nSPS) is 12.0. The Morgan fingerprint density at radius 2 is 1.81 bits per heavy atom. The topological polar surface area (TPSA) is 84.2 Å². The summed E-state index contributed by atoms with van der Waals surface area (Å²) >= 11 is 0. The summed E-state index contributed by atoms with van der Waals surface area (Å²) in [5.74, 6) is 0.0634. The van der Waals surface area contributed by atoms with Gasteiger partial charge in [0.05, 0.1) is 6.04 Å². The second-order valence-corrected chi connectivity index (χ2v) is 5.56. The molecule has 5 heteroatoms. The Kier molecular flexibility index (Phi) is 6.88. The lowest BCUT2D eigenvalue weighted by Crippen LogP contribution is -2.36. The SMILES string of the molecule is CCCNC(=O)c1ccc(NC(=O)[C@@H](N)CC(C)C)cc1. The molecule has 2 amide bonds. The van der Waals surface area contributed by atoms with E-state index in [-0.39, 0.29) is 11.8 Å². The lowest BCUT2D eigenvalue weighted by molar-refractivity contribution is -0.117. The quantitative estimate of drug-likeness (QED) is 0.719. The van der Waals surface area contributed by atoms with Gasteiger partial charge in [-0.25, -0.2) is 0 Å². The minimum absolute atomic E-state index is 0.105. The average Bonchev–Trinajstić information content (AvgIpc) is 2.44. The highest BCUT2D eigenvalue weighted by Gasteiger charge is 2.15. The first-order valence-corrected chi connectivity index (χ1v) is 7.38. The molecule has 1 aromatic carbocycles. The third-order valence-corrected chi connectivity index (χ3v) is 3.01. The molecule has 0 aliphatic rings. The summed E-state index contributed by atoms with van der Waals surface area (Å²) in [7, 11) is 0. The van der Waals surface area contributed by atoms with Crippen molar-refractivity contribution >= 4 is 17.5 Å². The van der Waals surface area contributed by atoms with Gasteiger partial charge in [0, 0.05) is 17.8 Å². The third-order valence-electron chi connectivity index (χ3n) is 3.01. The van der Waals surface area contributed by atoms with Crippen LogP contribution >= 0.6 is 0 Å². The molecular weight excluding hydrogens is 266 g/mol. The molecule has 1 atom stereocenters. The largest absolute Gasteiger partial charge is 0.352 e. The van der Waals surface area contributed by atoms with E-state index in [4.69, 9.17) is 5.73 Å². The number of carbonyl (C=O) groups is 2. The van der Waals surface area contributed by atoms with Gasteiger partial charge in [0.2, 0.25) is 5.91 Å². The fourth-order valence-electron chi connectivity index (χ4n) is 1.90. The monoisotopic (exact) mass is 291 g/mol. The zero-order valence-electron chi connectivity index (χ0n) is 13.0. The fourth-order valence-corrected chi connectivity index (χ4v) is 1.90. The van der Waals surface area contributed by atoms with Crippen LogP contribution in [0.3, 0.4) is 0 Å². The van der Waals surface area contributed by atoms with Gasteiger partial charge in [-0.1, -0.05) is 20.8 Å². The van der Waals surface area contributed by atoms with Gasteiger partial charge in [-0.3, -0.25) is 9.59 Å². The third kappa shape index (κ3) is 5.95. The van der Waals surface area contributed by atoms with Crippen molar-refractivity contribution in [2.45, 2.75) is 39.7 Å². The fraction of sp³-hybridized carbons (Fsp3) is 0.500. The van der Waals surface area contributed by atoms with Crippen LogP contribution in [0, 0.1) is 5.92 Å². The predicted molar refractivity (Wildman–Crippen MR) is 85.1 cm³/mol. The van der Waals surface area contributed by atoms with E-state index in [1.165, 1.54) is 0 Å². The van der Waals surface area contributed by atoms with Gasteiger partial charge in [0.15, 0.2) is 0 Å². The predicted octanol–water partition coefficient (Wildman–Crippen LogP) is 2.14. The molecule has 0 aliphatic heterocycles. The average molecular weight is 291 g/mol. The Morgan fingerprint density at radius 3 is 2.33 bits per heavy atom. The maximum atomic E-state index is 11.9. The maximum Gasteiger partial charge on any atom is 0.251 e. The van der Waals surface area contributed by atoms with E-state index in [9.17, 15) is 9.59 Å². The molecule has 4 N–H and O–H groups in total. The van der Waals surface area contributed by atoms with Crippen molar-refractivity contribution in [3.63, 3.8) is 0 Å². The van der Waals surface area contributed by atoms with Crippen LogP contribution in [0.1, 0.15) is 44.0 Å². The summed E-state index contributed by atoms with van der Waals surface area (Å²) in [5, 5.41) is 5.56. The van der Waals surface area contributed by atoms with Crippen molar-refractivity contribution in [3.05, 3.63) is 29.8 Å². The van der Waals surface area contributed by atoms with Crippen LogP contribution in [-0.2, 0) is 4.79 Å². The van der Waals surface area contributed by atoms with Gasteiger partial charge in [-0.15, -0.1) is 0 Å². The highest BCUT2D eigenvalue weighted by atomic mass is 16.2. The Labute approximate surface area is 126 Å². The molecule has 0 spiro atoms. The first kappa shape index (κ1) is 17.2. The summed E-state index contributed by atoms with van der Waals surface area (Å²) in [4.78, 5) is 23.6. The van der Waals surface area contributed by atoms with E-state index < -0.39 is 6.04 Å². The van der Waals surface area contributed by atoms with E-state index >= 15 is 0 Å². The lowest BCUT2D eigenvalue weighted by Gasteiger charge is -2.14. The van der Waals surface area contributed by atoms with Gasteiger partial charge in [0.25, 0.3) is 5.91 Å². The van der Waals surface area contributed by atoms with E-state index in [0.29, 0.717) is 30.1 Å². The molecule has 0 unspecified atom stereocenters. The number of rotatable bonds is 7. The zero-order chi connectivity index (χ0) is 15.8. The highest BCUT2D eigenvalue weighted by Crippen LogP contribution is 2.11. The van der Waals surface area contributed by atoms with Gasteiger partial charge < -0.3 is 16.4 Å². The summed E-state index contributed by atoms with van der Waals surface area (Å²) in [6, 6.07) is 6.28. The van der Waals surface area contributed by atoms with Gasteiger partial charge >= 0.3 is 0 Å². The molecule has 0 bridgehead atoms. The standard InChI is InChI=1S/C16H25N3O2/c1-4-9-18-15(20)12-5-7-13(8-6-12)19-16(21)14(17)10-11(2)3/h5-8,11,14H,4,9-10,17H2,1-3H3,(H,18,20)(H,19,21)/t14-/m0/s1. The van der Waals surface area contributed by atoms with E-state index in [1.54, 1.807) is 24.3 Å². The minimum Gasteiger partial charge on any atom is -0.352 e.